The zero-order valence-corrected chi connectivity index (χ0v) is 16.8. The van der Waals surface area contributed by atoms with Gasteiger partial charge in [-0.2, -0.15) is 0 Å². The summed E-state index contributed by atoms with van der Waals surface area (Å²) in [5.41, 5.74) is 0.479. The second-order valence-corrected chi connectivity index (χ2v) is 9.98. The van der Waals surface area contributed by atoms with E-state index in [1.54, 1.807) is 0 Å². The summed E-state index contributed by atoms with van der Waals surface area (Å²) in [5, 5.41) is 3.87. The summed E-state index contributed by atoms with van der Waals surface area (Å²) in [7, 11) is -3.15. The number of hydrogen-bond donors (Lipinski definition) is 1. The van der Waals surface area contributed by atoms with E-state index in [1.165, 1.54) is 10.6 Å². The summed E-state index contributed by atoms with van der Waals surface area (Å²) < 4.78 is 24.8. The maximum absolute atomic E-state index is 13.3. The molecule has 1 saturated carbocycles. The number of nitrogens with zero attached hydrogens (tertiary/aromatic N) is 1. The van der Waals surface area contributed by atoms with Gasteiger partial charge in [-0.1, -0.05) is 43.0 Å². The molecule has 1 aromatic carbocycles. The second kappa shape index (κ2) is 7.87. The van der Waals surface area contributed by atoms with Crippen molar-refractivity contribution >= 4 is 27.5 Å². The molecule has 144 valence electrons. The quantitative estimate of drug-likeness (QED) is 0.847. The number of sulfonamides is 1. The number of rotatable bonds is 4. The van der Waals surface area contributed by atoms with Crippen molar-refractivity contribution in [1.29, 1.82) is 0 Å². The van der Waals surface area contributed by atoms with E-state index in [0.717, 1.165) is 37.7 Å². The van der Waals surface area contributed by atoms with Gasteiger partial charge in [-0.05, 0) is 43.4 Å². The van der Waals surface area contributed by atoms with Crippen LogP contribution in [0.3, 0.4) is 0 Å². The summed E-state index contributed by atoms with van der Waals surface area (Å²) in [4.78, 5) is 13.3. The predicted molar refractivity (Wildman–Crippen MR) is 104 cm³/mol. The van der Waals surface area contributed by atoms with Gasteiger partial charge in [0.2, 0.25) is 15.9 Å². The molecule has 0 atom stereocenters. The molecule has 26 heavy (non-hydrogen) atoms. The van der Waals surface area contributed by atoms with Gasteiger partial charge in [0.05, 0.1) is 11.7 Å². The molecular formula is C19H27ClN2O3S. The molecule has 0 radical (unpaired) electrons. The number of nitrogens with one attached hydrogen (secondary N) is 1. The number of piperidine rings is 1. The molecule has 1 aliphatic carbocycles. The van der Waals surface area contributed by atoms with E-state index in [2.05, 4.69) is 5.32 Å². The Morgan fingerprint density at radius 2 is 1.85 bits per heavy atom. The van der Waals surface area contributed by atoms with E-state index in [9.17, 15) is 13.2 Å². The van der Waals surface area contributed by atoms with E-state index in [-0.39, 0.29) is 11.9 Å². The Labute approximate surface area is 161 Å². The molecule has 0 unspecified atom stereocenters. The van der Waals surface area contributed by atoms with Gasteiger partial charge < -0.3 is 5.32 Å². The minimum absolute atomic E-state index is 0.0264. The van der Waals surface area contributed by atoms with Crippen molar-refractivity contribution in [2.75, 3.05) is 19.3 Å². The van der Waals surface area contributed by atoms with Gasteiger partial charge >= 0.3 is 0 Å². The average molecular weight is 399 g/mol. The van der Waals surface area contributed by atoms with Crippen molar-refractivity contribution in [3.63, 3.8) is 0 Å². The highest BCUT2D eigenvalue weighted by Crippen LogP contribution is 2.40. The number of carbonyl (C=O) groups excluding carboxylic acids is 1. The lowest BCUT2D eigenvalue weighted by molar-refractivity contribution is -0.129. The van der Waals surface area contributed by atoms with Crippen LogP contribution in [-0.4, -0.2) is 44.0 Å². The average Bonchev–Trinajstić information content (AvgIpc) is 2.62. The molecule has 0 aromatic heterocycles. The van der Waals surface area contributed by atoms with Gasteiger partial charge in [0.15, 0.2) is 0 Å². The second-order valence-electron chi connectivity index (χ2n) is 7.56. The van der Waals surface area contributed by atoms with Crippen LogP contribution in [0.2, 0.25) is 5.02 Å². The zero-order chi connectivity index (χ0) is 18.8. The Morgan fingerprint density at radius 1 is 1.19 bits per heavy atom. The van der Waals surface area contributed by atoms with E-state index >= 15 is 0 Å². The SMILES string of the molecule is CS(=O)(=O)N1CCC(NC(=O)C2(c3cccc(Cl)c3)CCCCC2)CC1. The summed E-state index contributed by atoms with van der Waals surface area (Å²) in [6, 6.07) is 7.69. The molecule has 2 aliphatic rings. The van der Waals surface area contributed by atoms with Crippen LogP contribution in [0.15, 0.2) is 24.3 Å². The number of amides is 1. The van der Waals surface area contributed by atoms with Crippen molar-refractivity contribution in [2.24, 2.45) is 0 Å². The maximum Gasteiger partial charge on any atom is 0.230 e. The first-order valence-corrected chi connectivity index (χ1v) is 11.6. The minimum Gasteiger partial charge on any atom is -0.352 e. The van der Waals surface area contributed by atoms with E-state index in [4.69, 9.17) is 11.6 Å². The van der Waals surface area contributed by atoms with Crippen LogP contribution in [0.5, 0.6) is 0 Å². The lowest BCUT2D eigenvalue weighted by Crippen LogP contribution is -2.52. The first-order chi connectivity index (χ1) is 12.3. The number of halogens is 1. The number of benzene rings is 1. The van der Waals surface area contributed by atoms with Crippen LogP contribution in [0.25, 0.3) is 0 Å². The largest absolute Gasteiger partial charge is 0.352 e. The van der Waals surface area contributed by atoms with Crippen molar-refractivity contribution in [2.45, 2.75) is 56.4 Å². The van der Waals surface area contributed by atoms with Gasteiger partial charge in [-0.25, -0.2) is 12.7 Å². The van der Waals surface area contributed by atoms with Gasteiger partial charge in [0.1, 0.15) is 0 Å². The van der Waals surface area contributed by atoms with Crippen LogP contribution in [0, 0.1) is 0 Å². The van der Waals surface area contributed by atoms with Crippen LogP contribution >= 0.6 is 11.6 Å². The van der Waals surface area contributed by atoms with Crippen LogP contribution in [-0.2, 0) is 20.2 Å². The fraction of sp³-hybridized carbons (Fsp3) is 0.632. The Morgan fingerprint density at radius 3 is 2.42 bits per heavy atom. The van der Waals surface area contributed by atoms with Gasteiger partial charge in [-0.3, -0.25) is 4.79 Å². The summed E-state index contributed by atoms with van der Waals surface area (Å²) in [6.07, 6.45) is 7.45. The summed E-state index contributed by atoms with van der Waals surface area (Å²) in [6.45, 7) is 0.932. The van der Waals surface area contributed by atoms with Crippen LogP contribution in [0.4, 0.5) is 0 Å². The molecule has 1 amide bonds. The molecular weight excluding hydrogens is 372 g/mol. The molecule has 0 spiro atoms. The maximum atomic E-state index is 13.3. The van der Waals surface area contributed by atoms with Crippen LogP contribution in [0.1, 0.15) is 50.5 Å². The van der Waals surface area contributed by atoms with Crippen molar-refractivity contribution < 1.29 is 13.2 Å². The Hall–Kier alpha value is -1.11. The van der Waals surface area contributed by atoms with Crippen molar-refractivity contribution in [3.05, 3.63) is 34.9 Å². The summed E-state index contributed by atoms with van der Waals surface area (Å²) >= 11 is 6.19. The molecule has 1 heterocycles. The molecule has 0 bridgehead atoms. The number of carbonyl (C=O) groups is 1. The van der Waals surface area contributed by atoms with Crippen molar-refractivity contribution in [3.8, 4) is 0 Å². The monoisotopic (exact) mass is 398 g/mol. The third-order valence-corrected chi connectivity index (χ3v) is 7.32. The third-order valence-electron chi connectivity index (χ3n) is 5.78. The summed E-state index contributed by atoms with van der Waals surface area (Å²) in [5.74, 6) is 0.0669. The van der Waals surface area contributed by atoms with E-state index in [0.29, 0.717) is 31.0 Å². The van der Waals surface area contributed by atoms with Gasteiger partial charge in [0, 0.05) is 24.2 Å². The first kappa shape index (κ1) is 19.6. The van der Waals surface area contributed by atoms with E-state index < -0.39 is 15.4 Å². The Balaban J connectivity index is 1.73. The molecule has 5 nitrogen and oxygen atoms in total. The smallest absolute Gasteiger partial charge is 0.230 e. The lowest BCUT2D eigenvalue weighted by atomic mass is 9.68. The first-order valence-electron chi connectivity index (χ1n) is 9.33. The highest BCUT2D eigenvalue weighted by Gasteiger charge is 2.42. The number of hydrogen-bond acceptors (Lipinski definition) is 3. The molecule has 7 heteroatoms. The molecule has 1 N–H and O–H groups in total. The third kappa shape index (κ3) is 4.24. The molecule has 2 fully saturated rings. The lowest BCUT2D eigenvalue weighted by Gasteiger charge is -2.39. The minimum atomic E-state index is -3.15. The highest BCUT2D eigenvalue weighted by atomic mass is 35.5. The normalized spacial score (nSPS) is 22.1. The van der Waals surface area contributed by atoms with E-state index in [1.807, 2.05) is 24.3 Å². The standard InChI is InChI=1S/C19H27ClN2O3S/c1-26(24,25)22-12-8-17(9-13-22)21-18(23)19(10-3-2-4-11-19)15-6-5-7-16(20)14-15/h5-7,14,17H,2-4,8-13H2,1H3,(H,21,23). The molecule has 1 aliphatic heterocycles. The fourth-order valence-corrected chi connectivity index (χ4v) is 5.31. The Kier molecular flexibility index (Phi) is 5.94. The molecule has 1 aromatic rings. The fourth-order valence-electron chi connectivity index (χ4n) is 4.24. The van der Waals surface area contributed by atoms with Gasteiger partial charge in [-0.15, -0.1) is 0 Å². The van der Waals surface area contributed by atoms with Gasteiger partial charge in [0.25, 0.3) is 0 Å². The Bertz CT molecular complexity index is 752. The predicted octanol–water partition coefficient (Wildman–Crippen LogP) is 3.08. The van der Waals surface area contributed by atoms with Crippen LogP contribution < -0.4 is 5.32 Å². The zero-order valence-electron chi connectivity index (χ0n) is 15.2. The molecule has 1 saturated heterocycles. The topological polar surface area (TPSA) is 66.5 Å². The van der Waals surface area contributed by atoms with Crippen molar-refractivity contribution in [1.82, 2.24) is 9.62 Å². The molecule has 3 rings (SSSR count). The highest BCUT2D eigenvalue weighted by molar-refractivity contribution is 7.88.